The second-order valence-corrected chi connectivity index (χ2v) is 21.7. The number of hydrogen-bond donors (Lipinski definition) is 0. The lowest BCUT2D eigenvalue weighted by atomic mass is 10.0. The molecule has 6 heteroatoms. The summed E-state index contributed by atoms with van der Waals surface area (Å²) in [5, 5.41) is 0. The zero-order chi connectivity index (χ0) is 52.9. The van der Waals surface area contributed by atoms with Crippen LogP contribution < -0.4 is 0 Å². The third kappa shape index (κ3) is 60.1. The number of carbonyl (C=O) groups is 3. The van der Waals surface area contributed by atoms with Crippen LogP contribution in [0.3, 0.4) is 0 Å². The molecular formula is C67H122O6. The normalized spacial score (nSPS) is 12.3. The summed E-state index contributed by atoms with van der Waals surface area (Å²) in [5.74, 6) is -0.873. The summed E-state index contributed by atoms with van der Waals surface area (Å²) >= 11 is 0. The van der Waals surface area contributed by atoms with E-state index in [4.69, 9.17) is 14.2 Å². The number of rotatable bonds is 59. The van der Waals surface area contributed by atoms with Crippen LogP contribution >= 0.6 is 0 Å². The molecule has 0 saturated heterocycles. The number of carbonyl (C=O) groups excluding carboxylic acids is 3. The Morgan fingerprint density at radius 3 is 0.767 bits per heavy atom. The van der Waals surface area contributed by atoms with E-state index in [0.29, 0.717) is 19.3 Å². The van der Waals surface area contributed by atoms with E-state index < -0.39 is 6.10 Å². The summed E-state index contributed by atoms with van der Waals surface area (Å²) in [5.41, 5.74) is 0. The van der Waals surface area contributed by atoms with Gasteiger partial charge in [-0.25, -0.2) is 0 Å². The first-order chi connectivity index (χ1) is 36.0. The molecule has 0 heterocycles. The minimum absolute atomic E-state index is 0.0765. The van der Waals surface area contributed by atoms with Crippen LogP contribution in [0.25, 0.3) is 0 Å². The van der Waals surface area contributed by atoms with Gasteiger partial charge in [0, 0.05) is 19.3 Å². The molecule has 0 bridgehead atoms. The fraction of sp³-hybridized carbons (Fsp3) is 0.836. The molecule has 0 fully saturated rings. The Kier molecular flexibility index (Phi) is 59.7. The summed E-state index contributed by atoms with van der Waals surface area (Å²) in [6.45, 7) is 6.65. The highest BCUT2D eigenvalue weighted by Crippen LogP contribution is 2.17. The second-order valence-electron chi connectivity index (χ2n) is 21.7. The van der Waals surface area contributed by atoms with Gasteiger partial charge in [-0.1, -0.05) is 288 Å². The number of esters is 3. The van der Waals surface area contributed by atoms with E-state index in [0.717, 1.165) is 83.5 Å². The smallest absolute Gasteiger partial charge is 0.306 e. The van der Waals surface area contributed by atoms with Gasteiger partial charge in [0.05, 0.1) is 0 Å². The number of ether oxygens (including phenoxy) is 3. The first-order valence-corrected chi connectivity index (χ1v) is 32.1. The molecule has 1 atom stereocenters. The standard InChI is InChI=1S/C67H122O6/c1-4-7-10-13-16-19-22-25-28-31-33-34-35-37-39-42-45-48-51-54-57-60-66(69)72-63-64(62-71-65(68)59-56-53-50-47-44-41-38-30-27-24-21-18-15-12-9-6-3)73-67(70)61-58-55-52-49-46-43-40-36-32-29-26-23-20-17-14-11-8-5-2/h21-22,24-25,30-31,33,38,64H,4-20,23,26-29,32,34-37,39-63H2,1-3H3/b24-21-,25-22-,33-31-,38-30-. The largest absolute Gasteiger partial charge is 0.462 e. The van der Waals surface area contributed by atoms with Crippen molar-refractivity contribution < 1.29 is 28.6 Å². The Morgan fingerprint density at radius 2 is 0.493 bits per heavy atom. The van der Waals surface area contributed by atoms with Gasteiger partial charge in [0.2, 0.25) is 0 Å². The molecule has 6 nitrogen and oxygen atoms in total. The van der Waals surface area contributed by atoms with Gasteiger partial charge in [0.1, 0.15) is 13.2 Å². The summed E-state index contributed by atoms with van der Waals surface area (Å²) in [6.07, 6.45) is 76.8. The number of unbranched alkanes of at least 4 members (excludes halogenated alkanes) is 40. The van der Waals surface area contributed by atoms with Gasteiger partial charge in [-0.15, -0.1) is 0 Å². The summed E-state index contributed by atoms with van der Waals surface area (Å²) in [6, 6.07) is 0. The average Bonchev–Trinajstić information content (AvgIpc) is 3.39. The highest BCUT2D eigenvalue weighted by atomic mass is 16.6. The molecule has 0 rings (SSSR count). The van der Waals surface area contributed by atoms with Gasteiger partial charge in [-0.2, -0.15) is 0 Å². The maximum atomic E-state index is 12.9. The van der Waals surface area contributed by atoms with E-state index in [2.05, 4.69) is 69.4 Å². The molecule has 0 aliphatic carbocycles. The van der Waals surface area contributed by atoms with Crippen LogP contribution in [0.2, 0.25) is 0 Å². The Balaban J connectivity index is 4.35. The molecule has 0 amide bonds. The van der Waals surface area contributed by atoms with Crippen molar-refractivity contribution in [3.63, 3.8) is 0 Å². The molecule has 0 spiro atoms. The molecule has 426 valence electrons. The molecule has 0 radical (unpaired) electrons. The van der Waals surface area contributed by atoms with Crippen molar-refractivity contribution in [3.8, 4) is 0 Å². The molecule has 0 aromatic carbocycles. The van der Waals surface area contributed by atoms with Crippen LogP contribution in [-0.2, 0) is 28.6 Å². The van der Waals surface area contributed by atoms with E-state index in [-0.39, 0.29) is 31.1 Å². The number of allylic oxidation sites excluding steroid dienone is 8. The topological polar surface area (TPSA) is 78.9 Å². The zero-order valence-electron chi connectivity index (χ0n) is 48.9. The Labute approximate surface area is 454 Å². The molecule has 0 aromatic heterocycles. The van der Waals surface area contributed by atoms with Crippen LogP contribution in [0.5, 0.6) is 0 Å². The molecule has 1 unspecified atom stereocenters. The Bertz CT molecular complexity index is 1270. The lowest BCUT2D eigenvalue weighted by Gasteiger charge is -2.18. The van der Waals surface area contributed by atoms with Crippen molar-refractivity contribution in [2.24, 2.45) is 0 Å². The molecular weight excluding hydrogens is 901 g/mol. The van der Waals surface area contributed by atoms with Crippen LogP contribution in [0.15, 0.2) is 48.6 Å². The summed E-state index contributed by atoms with van der Waals surface area (Å²) < 4.78 is 16.9. The van der Waals surface area contributed by atoms with Crippen molar-refractivity contribution in [1.82, 2.24) is 0 Å². The molecule has 0 aliphatic heterocycles. The average molecular weight is 1020 g/mol. The maximum absolute atomic E-state index is 12.9. The van der Waals surface area contributed by atoms with Crippen molar-refractivity contribution in [3.05, 3.63) is 48.6 Å². The first-order valence-electron chi connectivity index (χ1n) is 32.1. The van der Waals surface area contributed by atoms with Crippen LogP contribution in [0.1, 0.15) is 342 Å². The molecule has 73 heavy (non-hydrogen) atoms. The van der Waals surface area contributed by atoms with Gasteiger partial charge in [0.25, 0.3) is 0 Å². The molecule has 0 saturated carbocycles. The molecule has 0 aliphatic rings. The van der Waals surface area contributed by atoms with E-state index >= 15 is 0 Å². The summed E-state index contributed by atoms with van der Waals surface area (Å²) in [7, 11) is 0. The van der Waals surface area contributed by atoms with Crippen LogP contribution in [0, 0.1) is 0 Å². The fourth-order valence-corrected chi connectivity index (χ4v) is 9.45. The van der Waals surface area contributed by atoms with Crippen molar-refractivity contribution in [1.29, 1.82) is 0 Å². The first kappa shape index (κ1) is 70.4. The van der Waals surface area contributed by atoms with Crippen LogP contribution in [0.4, 0.5) is 0 Å². The van der Waals surface area contributed by atoms with E-state index in [1.54, 1.807) is 0 Å². The van der Waals surface area contributed by atoms with E-state index in [9.17, 15) is 14.4 Å². The predicted molar refractivity (Wildman–Crippen MR) is 316 cm³/mol. The summed E-state index contributed by atoms with van der Waals surface area (Å²) in [4.78, 5) is 38.3. The quantitative estimate of drug-likeness (QED) is 0.0261. The van der Waals surface area contributed by atoms with E-state index in [1.807, 2.05) is 0 Å². The number of hydrogen-bond acceptors (Lipinski definition) is 6. The zero-order valence-corrected chi connectivity index (χ0v) is 48.9. The van der Waals surface area contributed by atoms with Gasteiger partial charge in [0.15, 0.2) is 6.10 Å². The monoisotopic (exact) mass is 1020 g/mol. The lowest BCUT2D eigenvalue weighted by molar-refractivity contribution is -0.167. The third-order valence-corrected chi connectivity index (χ3v) is 14.3. The van der Waals surface area contributed by atoms with Crippen molar-refractivity contribution in [2.75, 3.05) is 13.2 Å². The van der Waals surface area contributed by atoms with Crippen LogP contribution in [-0.4, -0.2) is 37.2 Å². The highest BCUT2D eigenvalue weighted by molar-refractivity contribution is 5.71. The second kappa shape index (κ2) is 61.9. The van der Waals surface area contributed by atoms with Crippen molar-refractivity contribution >= 4 is 17.9 Å². The Morgan fingerprint density at radius 1 is 0.274 bits per heavy atom. The molecule has 0 N–H and O–H groups in total. The van der Waals surface area contributed by atoms with Crippen molar-refractivity contribution in [2.45, 2.75) is 348 Å². The van der Waals surface area contributed by atoms with Gasteiger partial charge in [-0.3, -0.25) is 14.4 Å². The Hall–Kier alpha value is -2.63. The maximum Gasteiger partial charge on any atom is 0.306 e. The van der Waals surface area contributed by atoms with Gasteiger partial charge < -0.3 is 14.2 Å². The SMILES string of the molecule is CCCCCC/C=C\C/C=C\CCCCCCCC(=O)OCC(COC(=O)CCCCCCCCCCC/C=C\C/C=C\CCCCCCC)OC(=O)CCCCCCCCCCCCCCCCCCCC. The highest BCUT2D eigenvalue weighted by Gasteiger charge is 2.19. The lowest BCUT2D eigenvalue weighted by Crippen LogP contribution is -2.30. The third-order valence-electron chi connectivity index (χ3n) is 14.3. The molecule has 0 aromatic rings. The van der Waals surface area contributed by atoms with Gasteiger partial charge in [-0.05, 0) is 83.5 Å². The minimum atomic E-state index is -0.779. The fourth-order valence-electron chi connectivity index (χ4n) is 9.45. The minimum Gasteiger partial charge on any atom is -0.462 e. The van der Waals surface area contributed by atoms with Gasteiger partial charge >= 0.3 is 17.9 Å². The van der Waals surface area contributed by atoms with E-state index in [1.165, 1.54) is 218 Å². The predicted octanol–water partition coefficient (Wildman–Crippen LogP) is 21.8.